The van der Waals surface area contributed by atoms with E-state index < -0.39 is 5.97 Å². The van der Waals surface area contributed by atoms with Gasteiger partial charge in [-0.1, -0.05) is 44.2 Å². The van der Waals surface area contributed by atoms with Crippen molar-refractivity contribution in [2.24, 2.45) is 5.41 Å². The second-order valence-corrected chi connectivity index (χ2v) is 7.27. The van der Waals surface area contributed by atoms with Gasteiger partial charge in [0.1, 0.15) is 6.54 Å². The van der Waals surface area contributed by atoms with Crippen LogP contribution in [-0.4, -0.2) is 44.8 Å². The van der Waals surface area contributed by atoms with Crippen molar-refractivity contribution in [1.29, 1.82) is 0 Å². The second kappa shape index (κ2) is 6.70. The van der Waals surface area contributed by atoms with Crippen LogP contribution in [0.4, 0.5) is 0 Å². The Labute approximate surface area is 147 Å². The topological polar surface area (TPSA) is 75.4 Å². The average molecular weight is 341 g/mol. The largest absolute Gasteiger partial charge is 0.478 e. The Bertz CT molecular complexity index is 767. The molecule has 6 nitrogen and oxygen atoms in total. The summed E-state index contributed by atoms with van der Waals surface area (Å²) >= 11 is 0. The third-order valence-corrected chi connectivity index (χ3v) is 5.10. The molecule has 0 bridgehead atoms. The molecule has 1 aliphatic rings. The van der Waals surface area contributed by atoms with Crippen LogP contribution in [0.1, 0.15) is 42.1 Å². The lowest BCUT2D eigenvalue weighted by Gasteiger charge is -2.44. The van der Waals surface area contributed by atoms with E-state index in [1.54, 1.807) is 0 Å². The van der Waals surface area contributed by atoms with Crippen LogP contribution in [0.25, 0.3) is 0 Å². The van der Waals surface area contributed by atoms with E-state index in [0.717, 1.165) is 6.42 Å². The maximum absolute atomic E-state index is 12.7. The Morgan fingerprint density at radius 3 is 2.64 bits per heavy atom. The van der Waals surface area contributed by atoms with Crippen LogP contribution < -0.4 is 0 Å². The van der Waals surface area contributed by atoms with Crippen molar-refractivity contribution < 1.29 is 14.7 Å². The van der Waals surface area contributed by atoms with Gasteiger partial charge in [0, 0.05) is 25.2 Å². The van der Waals surface area contributed by atoms with Gasteiger partial charge in [0.25, 0.3) is 0 Å². The Kier molecular flexibility index (Phi) is 4.61. The number of benzene rings is 1. The van der Waals surface area contributed by atoms with Gasteiger partial charge >= 0.3 is 5.97 Å². The van der Waals surface area contributed by atoms with Gasteiger partial charge < -0.3 is 10.0 Å². The van der Waals surface area contributed by atoms with Gasteiger partial charge in [-0.2, -0.15) is 5.10 Å². The first-order chi connectivity index (χ1) is 11.9. The number of hydrogen-bond acceptors (Lipinski definition) is 3. The highest BCUT2D eigenvalue weighted by Crippen LogP contribution is 2.42. The zero-order chi connectivity index (χ0) is 18.0. The number of carboxylic acids is 1. The molecule has 0 saturated carbocycles. The van der Waals surface area contributed by atoms with Crippen molar-refractivity contribution in [3.8, 4) is 0 Å². The molecule has 2 aromatic rings. The number of likely N-dealkylation sites (tertiary alicyclic amines) is 1. The highest BCUT2D eigenvalue weighted by molar-refractivity contribution is 5.87. The fraction of sp³-hybridized carbons (Fsp3) is 0.421. The molecule has 3 rings (SSSR count). The number of carbonyl (C=O) groups excluding carboxylic acids is 1. The van der Waals surface area contributed by atoms with Gasteiger partial charge in [-0.3, -0.25) is 9.48 Å². The first kappa shape index (κ1) is 17.2. The van der Waals surface area contributed by atoms with Crippen molar-refractivity contribution in [3.05, 3.63) is 53.9 Å². The smallest absolute Gasteiger partial charge is 0.338 e. The lowest BCUT2D eigenvalue weighted by molar-refractivity contribution is -0.134. The monoisotopic (exact) mass is 341 g/mol. The lowest BCUT2D eigenvalue weighted by Crippen LogP contribution is -2.47. The Morgan fingerprint density at radius 2 is 2.00 bits per heavy atom. The first-order valence-electron chi connectivity index (χ1n) is 8.45. The number of piperidine rings is 1. The summed E-state index contributed by atoms with van der Waals surface area (Å²) in [6.45, 7) is 5.94. The van der Waals surface area contributed by atoms with Gasteiger partial charge in [0.15, 0.2) is 0 Å². The summed E-state index contributed by atoms with van der Waals surface area (Å²) < 4.78 is 1.39. The summed E-state index contributed by atoms with van der Waals surface area (Å²) in [5, 5.41) is 12.9. The van der Waals surface area contributed by atoms with E-state index in [1.807, 2.05) is 23.1 Å². The maximum Gasteiger partial charge on any atom is 0.338 e. The van der Waals surface area contributed by atoms with Crippen LogP contribution >= 0.6 is 0 Å². The van der Waals surface area contributed by atoms with Crippen LogP contribution in [-0.2, 0) is 11.3 Å². The molecule has 1 amide bonds. The molecular formula is C19H23N3O3. The zero-order valence-electron chi connectivity index (χ0n) is 14.6. The van der Waals surface area contributed by atoms with E-state index in [4.69, 9.17) is 5.11 Å². The minimum Gasteiger partial charge on any atom is -0.478 e. The number of amides is 1. The first-order valence-corrected chi connectivity index (χ1v) is 8.45. The summed E-state index contributed by atoms with van der Waals surface area (Å²) in [7, 11) is 0. The molecule has 0 radical (unpaired) electrons. The van der Waals surface area contributed by atoms with Crippen molar-refractivity contribution in [2.45, 2.75) is 32.7 Å². The zero-order valence-corrected chi connectivity index (χ0v) is 14.6. The number of aromatic carboxylic acids is 1. The number of hydrogen-bond donors (Lipinski definition) is 1. The lowest BCUT2D eigenvalue weighted by atomic mass is 9.70. The van der Waals surface area contributed by atoms with E-state index in [9.17, 15) is 9.59 Å². The highest BCUT2D eigenvalue weighted by Gasteiger charge is 2.37. The minimum absolute atomic E-state index is 0.0310. The standard InChI is InChI=1S/C19H23N3O3/c1-19(2)8-9-21(12-16(19)14-6-4-3-5-7-14)17(23)13-22-11-15(10-20-22)18(24)25/h3-7,10-11,16H,8-9,12-13H2,1-2H3,(H,24,25). The highest BCUT2D eigenvalue weighted by atomic mass is 16.4. The molecule has 1 saturated heterocycles. The summed E-state index contributed by atoms with van der Waals surface area (Å²) in [5.74, 6) is -0.794. The SMILES string of the molecule is CC1(C)CCN(C(=O)Cn2cc(C(=O)O)cn2)CC1c1ccccc1. The fourth-order valence-corrected chi connectivity index (χ4v) is 3.42. The molecule has 2 heterocycles. The van der Waals surface area contributed by atoms with Gasteiger partial charge in [0.2, 0.25) is 5.91 Å². The molecule has 1 fully saturated rings. The van der Waals surface area contributed by atoms with Gasteiger partial charge in [-0.05, 0) is 17.4 Å². The quantitative estimate of drug-likeness (QED) is 0.927. The third kappa shape index (κ3) is 3.73. The van der Waals surface area contributed by atoms with E-state index in [-0.39, 0.29) is 29.3 Å². The van der Waals surface area contributed by atoms with Crippen LogP contribution in [0.15, 0.2) is 42.7 Å². The summed E-state index contributed by atoms with van der Waals surface area (Å²) in [6, 6.07) is 10.3. The normalized spacial score (nSPS) is 19.6. The van der Waals surface area contributed by atoms with E-state index in [2.05, 4.69) is 31.1 Å². The van der Waals surface area contributed by atoms with Gasteiger partial charge in [-0.25, -0.2) is 4.79 Å². The van der Waals surface area contributed by atoms with Crippen molar-refractivity contribution in [2.75, 3.05) is 13.1 Å². The Hall–Kier alpha value is -2.63. The molecule has 25 heavy (non-hydrogen) atoms. The number of nitrogens with zero attached hydrogens (tertiary/aromatic N) is 3. The van der Waals surface area contributed by atoms with Crippen LogP contribution in [0.5, 0.6) is 0 Å². The molecule has 1 unspecified atom stereocenters. The molecule has 132 valence electrons. The van der Waals surface area contributed by atoms with Crippen molar-refractivity contribution in [1.82, 2.24) is 14.7 Å². The predicted molar refractivity (Wildman–Crippen MR) is 93.3 cm³/mol. The Balaban J connectivity index is 1.72. The molecule has 1 N–H and O–H groups in total. The minimum atomic E-state index is -1.04. The predicted octanol–water partition coefficient (Wildman–Crippen LogP) is 2.62. The van der Waals surface area contributed by atoms with E-state index >= 15 is 0 Å². The van der Waals surface area contributed by atoms with E-state index in [1.165, 1.54) is 22.6 Å². The summed E-state index contributed by atoms with van der Waals surface area (Å²) in [5.41, 5.74) is 1.47. The van der Waals surface area contributed by atoms with Crippen LogP contribution in [0, 0.1) is 5.41 Å². The third-order valence-electron chi connectivity index (χ3n) is 5.10. The molecule has 1 aromatic carbocycles. The number of aromatic nitrogens is 2. The number of carbonyl (C=O) groups is 2. The molecule has 0 spiro atoms. The van der Waals surface area contributed by atoms with Gasteiger partial charge in [-0.15, -0.1) is 0 Å². The summed E-state index contributed by atoms with van der Waals surface area (Å²) in [4.78, 5) is 25.4. The van der Waals surface area contributed by atoms with Gasteiger partial charge in [0.05, 0.1) is 11.8 Å². The number of rotatable bonds is 4. The molecule has 1 aliphatic heterocycles. The van der Waals surface area contributed by atoms with E-state index in [0.29, 0.717) is 13.1 Å². The van der Waals surface area contributed by atoms with Crippen molar-refractivity contribution in [3.63, 3.8) is 0 Å². The van der Waals surface area contributed by atoms with Crippen LogP contribution in [0.3, 0.4) is 0 Å². The summed E-state index contributed by atoms with van der Waals surface area (Å²) in [6.07, 6.45) is 3.59. The van der Waals surface area contributed by atoms with Crippen molar-refractivity contribution >= 4 is 11.9 Å². The Morgan fingerprint density at radius 1 is 1.28 bits per heavy atom. The molecular weight excluding hydrogens is 318 g/mol. The number of carboxylic acid groups (broad SMARTS) is 1. The molecule has 1 aromatic heterocycles. The molecule has 6 heteroatoms. The molecule has 1 atom stereocenters. The second-order valence-electron chi connectivity index (χ2n) is 7.27. The maximum atomic E-state index is 12.7. The molecule has 0 aliphatic carbocycles. The average Bonchev–Trinajstić information content (AvgIpc) is 3.04. The fourth-order valence-electron chi connectivity index (χ4n) is 3.42. The van der Waals surface area contributed by atoms with Crippen LogP contribution in [0.2, 0.25) is 0 Å².